The molecule has 1 spiro atoms. The molecule has 2 unspecified atom stereocenters. The number of urea groups is 1. The number of nitrogens with zero attached hydrogens (tertiary/aromatic N) is 2. The number of carbonyl (C=O) groups is 3. The van der Waals surface area contributed by atoms with Crippen LogP contribution in [0.15, 0.2) is 17.5 Å². The standard InChI is InChI=1S/C23H28N4O3S/c1-13-9-14(2)19(15(3)10-13)17-12-31-21(24-17)25-18(28)11-27-20(29)23(26-22(27)30)8-6-5-7-16(23)4/h9-10,12,16H,5-8,11H2,1-4H3,(H,26,30)(H,24,25,28). The van der Waals surface area contributed by atoms with Crippen LogP contribution in [0.1, 0.15) is 49.3 Å². The zero-order valence-electron chi connectivity index (χ0n) is 18.4. The molecule has 4 rings (SSSR count). The molecule has 1 aliphatic carbocycles. The van der Waals surface area contributed by atoms with E-state index < -0.39 is 17.5 Å². The Balaban J connectivity index is 1.46. The highest BCUT2D eigenvalue weighted by atomic mass is 32.1. The number of thiazole rings is 1. The summed E-state index contributed by atoms with van der Waals surface area (Å²) in [6.07, 6.45) is 3.47. The van der Waals surface area contributed by atoms with Gasteiger partial charge in [0.2, 0.25) is 5.91 Å². The third-order valence-corrected chi connectivity index (χ3v) is 7.24. The van der Waals surface area contributed by atoms with Gasteiger partial charge >= 0.3 is 6.03 Å². The first kappa shape index (κ1) is 21.5. The van der Waals surface area contributed by atoms with Gasteiger partial charge in [-0.2, -0.15) is 0 Å². The van der Waals surface area contributed by atoms with Crippen LogP contribution in [0, 0.1) is 26.7 Å². The Morgan fingerprint density at radius 1 is 1.26 bits per heavy atom. The van der Waals surface area contributed by atoms with Crippen molar-refractivity contribution >= 4 is 34.3 Å². The third-order valence-electron chi connectivity index (χ3n) is 6.49. The van der Waals surface area contributed by atoms with Crippen molar-refractivity contribution in [3.05, 3.63) is 34.2 Å². The van der Waals surface area contributed by atoms with Gasteiger partial charge in [-0.15, -0.1) is 11.3 Å². The molecular formula is C23H28N4O3S. The normalized spacial score (nSPS) is 23.4. The van der Waals surface area contributed by atoms with Crippen molar-refractivity contribution < 1.29 is 14.4 Å². The van der Waals surface area contributed by atoms with Crippen LogP contribution >= 0.6 is 11.3 Å². The highest BCUT2D eigenvalue weighted by molar-refractivity contribution is 7.14. The first-order chi connectivity index (χ1) is 14.7. The molecule has 2 aromatic rings. The monoisotopic (exact) mass is 440 g/mol. The summed E-state index contributed by atoms with van der Waals surface area (Å²) < 4.78 is 0. The molecule has 31 heavy (non-hydrogen) atoms. The molecule has 164 valence electrons. The summed E-state index contributed by atoms with van der Waals surface area (Å²) in [6.45, 7) is 7.84. The zero-order chi connectivity index (χ0) is 22.3. The molecule has 1 saturated heterocycles. The van der Waals surface area contributed by atoms with Crippen molar-refractivity contribution in [2.75, 3.05) is 11.9 Å². The fraction of sp³-hybridized carbons (Fsp3) is 0.478. The average Bonchev–Trinajstić information content (AvgIpc) is 3.22. The van der Waals surface area contributed by atoms with Gasteiger partial charge in [0, 0.05) is 10.9 Å². The Bertz CT molecular complexity index is 1040. The Morgan fingerprint density at radius 3 is 2.65 bits per heavy atom. The van der Waals surface area contributed by atoms with E-state index in [2.05, 4.69) is 34.7 Å². The van der Waals surface area contributed by atoms with E-state index in [0.29, 0.717) is 11.6 Å². The Morgan fingerprint density at radius 2 is 1.97 bits per heavy atom. The fourth-order valence-corrected chi connectivity index (χ4v) is 5.69. The van der Waals surface area contributed by atoms with Gasteiger partial charge in [-0.1, -0.05) is 37.5 Å². The van der Waals surface area contributed by atoms with Crippen LogP contribution in [0.4, 0.5) is 9.93 Å². The number of hydrogen-bond acceptors (Lipinski definition) is 5. The SMILES string of the molecule is Cc1cc(C)c(-c2csc(NC(=O)CN3C(=O)NC4(CCCCC4C)C3=O)n2)c(C)c1. The lowest BCUT2D eigenvalue weighted by atomic mass is 9.73. The van der Waals surface area contributed by atoms with E-state index in [1.54, 1.807) is 0 Å². The number of aryl methyl sites for hydroxylation is 3. The number of nitrogens with one attached hydrogen (secondary N) is 2. The second-order valence-electron chi connectivity index (χ2n) is 8.80. The van der Waals surface area contributed by atoms with Crippen molar-refractivity contribution in [2.24, 2.45) is 5.92 Å². The van der Waals surface area contributed by atoms with Gasteiger partial charge < -0.3 is 10.6 Å². The molecule has 1 aliphatic heterocycles. The third kappa shape index (κ3) is 3.84. The molecule has 1 aromatic carbocycles. The average molecular weight is 441 g/mol. The molecule has 0 bridgehead atoms. The summed E-state index contributed by atoms with van der Waals surface area (Å²) in [5.41, 5.74) is 4.47. The molecule has 4 amide bonds. The summed E-state index contributed by atoms with van der Waals surface area (Å²) in [6, 6.07) is 3.74. The number of imide groups is 1. The number of amides is 4. The Kier molecular flexibility index (Phi) is 5.60. The molecule has 7 nitrogen and oxygen atoms in total. The maximum Gasteiger partial charge on any atom is 0.325 e. The molecule has 0 radical (unpaired) electrons. The van der Waals surface area contributed by atoms with Gasteiger partial charge in [-0.05, 0) is 50.7 Å². The zero-order valence-corrected chi connectivity index (χ0v) is 19.2. The van der Waals surface area contributed by atoms with Crippen LogP contribution < -0.4 is 10.6 Å². The van der Waals surface area contributed by atoms with Gasteiger partial charge in [0.05, 0.1) is 5.69 Å². The Hall–Kier alpha value is -2.74. The van der Waals surface area contributed by atoms with E-state index in [-0.39, 0.29) is 18.4 Å². The summed E-state index contributed by atoms with van der Waals surface area (Å²) >= 11 is 1.33. The summed E-state index contributed by atoms with van der Waals surface area (Å²) in [7, 11) is 0. The molecule has 2 heterocycles. The molecule has 8 heteroatoms. The molecule has 1 aromatic heterocycles. The molecule has 1 saturated carbocycles. The van der Waals surface area contributed by atoms with Crippen molar-refractivity contribution in [3.8, 4) is 11.3 Å². The number of aromatic nitrogens is 1. The lowest BCUT2D eigenvalue weighted by molar-refractivity contribution is -0.136. The van der Waals surface area contributed by atoms with Gasteiger partial charge in [0.15, 0.2) is 5.13 Å². The van der Waals surface area contributed by atoms with Crippen LogP contribution in [-0.4, -0.2) is 39.8 Å². The van der Waals surface area contributed by atoms with Crippen molar-refractivity contribution in [3.63, 3.8) is 0 Å². The van der Waals surface area contributed by atoms with Crippen molar-refractivity contribution in [1.29, 1.82) is 0 Å². The number of anilines is 1. The number of benzene rings is 1. The highest BCUT2D eigenvalue weighted by Gasteiger charge is 2.55. The highest BCUT2D eigenvalue weighted by Crippen LogP contribution is 2.38. The summed E-state index contributed by atoms with van der Waals surface area (Å²) in [4.78, 5) is 43.7. The van der Waals surface area contributed by atoms with E-state index in [9.17, 15) is 14.4 Å². The van der Waals surface area contributed by atoms with Gasteiger partial charge in [0.1, 0.15) is 12.1 Å². The van der Waals surface area contributed by atoms with Crippen LogP contribution in [0.25, 0.3) is 11.3 Å². The first-order valence-electron chi connectivity index (χ1n) is 10.7. The maximum absolute atomic E-state index is 13.0. The Labute approximate surface area is 186 Å². The predicted molar refractivity (Wildman–Crippen MR) is 121 cm³/mol. The van der Waals surface area contributed by atoms with E-state index in [0.717, 1.165) is 46.5 Å². The van der Waals surface area contributed by atoms with Gasteiger partial charge in [-0.25, -0.2) is 9.78 Å². The van der Waals surface area contributed by atoms with Gasteiger partial charge in [-0.3, -0.25) is 14.5 Å². The van der Waals surface area contributed by atoms with Crippen LogP contribution in [0.5, 0.6) is 0 Å². The minimum atomic E-state index is -0.857. The molecule has 2 fully saturated rings. The summed E-state index contributed by atoms with van der Waals surface area (Å²) in [5.74, 6) is -0.652. The second kappa shape index (κ2) is 8.07. The molecule has 2 N–H and O–H groups in total. The van der Waals surface area contributed by atoms with Crippen LogP contribution in [0.2, 0.25) is 0 Å². The van der Waals surface area contributed by atoms with Crippen molar-refractivity contribution in [2.45, 2.75) is 58.9 Å². The van der Waals surface area contributed by atoms with Crippen molar-refractivity contribution in [1.82, 2.24) is 15.2 Å². The number of carbonyl (C=O) groups excluding carboxylic acids is 3. The number of hydrogen-bond donors (Lipinski definition) is 2. The first-order valence-corrected chi connectivity index (χ1v) is 11.6. The molecule has 2 aliphatic rings. The maximum atomic E-state index is 13.0. The molecule has 2 atom stereocenters. The minimum absolute atomic E-state index is 0.0632. The van der Waals surface area contributed by atoms with Crippen LogP contribution in [0.3, 0.4) is 0 Å². The van der Waals surface area contributed by atoms with Gasteiger partial charge in [0.25, 0.3) is 5.91 Å². The lowest BCUT2D eigenvalue weighted by Crippen LogP contribution is -2.54. The van der Waals surface area contributed by atoms with E-state index in [1.165, 1.54) is 16.9 Å². The fourth-order valence-electron chi connectivity index (χ4n) is 4.97. The smallest absolute Gasteiger partial charge is 0.323 e. The quantitative estimate of drug-likeness (QED) is 0.698. The van der Waals surface area contributed by atoms with E-state index in [1.807, 2.05) is 26.2 Å². The predicted octanol–water partition coefficient (Wildman–Crippen LogP) is 4.17. The lowest BCUT2D eigenvalue weighted by Gasteiger charge is -2.36. The largest absolute Gasteiger partial charge is 0.325 e. The topological polar surface area (TPSA) is 91.4 Å². The number of rotatable bonds is 4. The van der Waals surface area contributed by atoms with E-state index in [4.69, 9.17) is 0 Å². The molecular weight excluding hydrogens is 412 g/mol. The van der Waals surface area contributed by atoms with Crippen LogP contribution in [-0.2, 0) is 9.59 Å². The van der Waals surface area contributed by atoms with E-state index >= 15 is 0 Å². The minimum Gasteiger partial charge on any atom is -0.323 e. The summed E-state index contributed by atoms with van der Waals surface area (Å²) in [5, 5.41) is 7.98. The second-order valence-corrected chi connectivity index (χ2v) is 9.66.